The van der Waals surface area contributed by atoms with Gasteiger partial charge in [0.25, 0.3) is 5.91 Å². The zero-order valence-corrected chi connectivity index (χ0v) is 10.8. The minimum absolute atomic E-state index is 0.289. The second kappa shape index (κ2) is 5.33. The van der Waals surface area contributed by atoms with Crippen LogP contribution in [0.5, 0.6) is 0 Å². The summed E-state index contributed by atoms with van der Waals surface area (Å²) in [4.78, 5) is 11.6. The third-order valence-corrected chi connectivity index (χ3v) is 3.30. The molecule has 0 bridgehead atoms. The Bertz CT molecular complexity index is 428. The molecule has 1 rings (SSSR count). The van der Waals surface area contributed by atoms with Gasteiger partial charge in [0.2, 0.25) is 0 Å². The normalized spacial score (nSPS) is 11.6. The monoisotopic (exact) mass is 334 g/mol. The maximum Gasteiger partial charge on any atom is 0.252 e. The first-order valence-electron chi connectivity index (χ1n) is 4.20. The van der Waals surface area contributed by atoms with E-state index in [0.717, 1.165) is 3.57 Å². The van der Waals surface area contributed by atoms with Crippen LogP contribution < -0.4 is 5.32 Å². The molecule has 1 atom stereocenters. The molecule has 0 aliphatic rings. The number of rotatable bonds is 2. The minimum Gasteiger partial charge on any atom is -0.337 e. The van der Waals surface area contributed by atoms with Gasteiger partial charge in [0, 0.05) is 9.13 Å². The number of nitriles is 1. The second-order valence-electron chi connectivity index (χ2n) is 2.95. The van der Waals surface area contributed by atoms with E-state index in [1.165, 1.54) is 0 Å². The fourth-order valence-corrected chi connectivity index (χ4v) is 1.47. The van der Waals surface area contributed by atoms with E-state index in [4.69, 9.17) is 16.9 Å². The Labute approximate surface area is 107 Å². The average molecular weight is 335 g/mol. The maximum atomic E-state index is 11.6. The lowest BCUT2D eigenvalue weighted by molar-refractivity contribution is 0.0948. The summed E-state index contributed by atoms with van der Waals surface area (Å²) in [7, 11) is 0. The molecular formula is C10H8ClIN2O. The summed E-state index contributed by atoms with van der Waals surface area (Å²) < 4.78 is 0.888. The molecule has 0 radical (unpaired) electrons. The number of carbonyl (C=O) groups excluding carboxylic acids is 1. The summed E-state index contributed by atoms with van der Waals surface area (Å²) in [5, 5.41) is 11.6. The van der Waals surface area contributed by atoms with Crippen LogP contribution in [0.3, 0.4) is 0 Å². The molecule has 0 saturated carbocycles. The van der Waals surface area contributed by atoms with Gasteiger partial charge in [0.15, 0.2) is 0 Å². The number of amides is 1. The molecule has 5 heteroatoms. The van der Waals surface area contributed by atoms with E-state index in [1.54, 1.807) is 25.1 Å². The highest BCUT2D eigenvalue weighted by atomic mass is 127. The van der Waals surface area contributed by atoms with Crippen molar-refractivity contribution in [2.75, 3.05) is 0 Å². The van der Waals surface area contributed by atoms with E-state index >= 15 is 0 Å². The third-order valence-electron chi connectivity index (χ3n) is 1.72. The Balaban J connectivity index is 2.84. The van der Waals surface area contributed by atoms with Gasteiger partial charge in [-0.1, -0.05) is 11.6 Å². The molecule has 1 aromatic rings. The molecule has 0 aliphatic carbocycles. The quantitative estimate of drug-likeness (QED) is 0.845. The fourth-order valence-electron chi connectivity index (χ4n) is 0.950. The molecule has 0 saturated heterocycles. The van der Waals surface area contributed by atoms with E-state index in [0.29, 0.717) is 10.6 Å². The van der Waals surface area contributed by atoms with Gasteiger partial charge in [0.1, 0.15) is 6.04 Å². The van der Waals surface area contributed by atoms with Crippen molar-refractivity contribution >= 4 is 40.1 Å². The predicted octanol–water partition coefficient (Wildman–Crippen LogP) is 2.59. The van der Waals surface area contributed by atoms with Gasteiger partial charge in [-0.2, -0.15) is 5.26 Å². The highest BCUT2D eigenvalue weighted by Gasteiger charge is 2.10. The maximum absolute atomic E-state index is 11.6. The number of halogens is 2. The summed E-state index contributed by atoms with van der Waals surface area (Å²) in [5.74, 6) is -0.289. The first kappa shape index (κ1) is 12.3. The molecule has 0 aliphatic heterocycles. The molecule has 1 amide bonds. The lowest BCUT2D eigenvalue weighted by Gasteiger charge is -2.06. The molecule has 3 nitrogen and oxygen atoms in total. The van der Waals surface area contributed by atoms with Gasteiger partial charge in [-0.3, -0.25) is 4.79 Å². The van der Waals surface area contributed by atoms with Gasteiger partial charge in [-0.15, -0.1) is 0 Å². The lowest BCUT2D eigenvalue weighted by atomic mass is 10.2. The standard InChI is InChI=1S/C10H8ClIN2O/c1-6(5-13)14-10(15)7-2-3-9(12)8(11)4-7/h2-4,6H,1H3,(H,14,15). The van der Waals surface area contributed by atoms with Gasteiger partial charge >= 0.3 is 0 Å². The summed E-state index contributed by atoms with van der Waals surface area (Å²) in [5.41, 5.74) is 0.461. The number of carbonyl (C=O) groups is 1. The molecule has 1 N–H and O–H groups in total. The Morgan fingerprint density at radius 3 is 2.87 bits per heavy atom. The zero-order valence-electron chi connectivity index (χ0n) is 7.92. The van der Waals surface area contributed by atoms with Crippen molar-refractivity contribution in [1.29, 1.82) is 5.26 Å². The second-order valence-corrected chi connectivity index (χ2v) is 4.52. The smallest absolute Gasteiger partial charge is 0.252 e. The number of nitrogens with zero attached hydrogens (tertiary/aromatic N) is 1. The van der Waals surface area contributed by atoms with Crippen molar-refractivity contribution in [1.82, 2.24) is 5.32 Å². The Kier molecular flexibility index (Phi) is 4.36. The van der Waals surface area contributed by atoms with E-state index in [2.05, 4.69) is 27.9 Å². The topological polar surface area (TPSA) is 52.9 Å². The van der Waals surface area contributed by atoms with Crippen LogP contribution in [0.25, 0.3) is 0 Å². The molecule has 0 aromatic heterocycles. The van der Waals surface area contributed by atoms with Crippen molar-refractivity contribution in [3.05, 3.63) is 32.4 Å². The van der Waals surface area contributed by atoms with E-state index in [9.17, 15) is 4.79 Å². The molecule has 15 heavy (non-hydrogen) atoms. The molecular weight excluding hydrogens is 326 g/mol. The molecule has 0 heterocycles. The number of benzene rings is 1. The van der Waals surface area contributed by atoms with Gasteiger partial charge in [0.05, 0.1) is 11.1 Å². The van der Waals surface area contributed by atoms with Crippen LogP contribution in [-0.2, 0) is 0 Å². The van der Waals surface area contributed by atoms with Crippen molar-refractivity contribution < 1.29 is 4.79 Å². The van der Waals surface area contributed by atoms with Crippen LogP contribution in [0.15, 0.2) is 18.2 Å². The average Bonchev–Trinajstić information content (AvgIpc) is 2.21. The summed E-state index contributed by atoms with van der Waals surface area (Å²) in [6.07, 6.45) is 0. The van der Waals surface area contributed by atoms with Crippen LogP contribution in [0.4, 0.5) is 0 Å². The van der Waals surface area contributed by atoms with Gasteiger partial charge in [-0.05, 0) is 47.7 Å². The van der Waals surface area contributed by atoms with E-state index in [-0.39, 0.29) is 5.91 Å². The van der Waals surface area contributed by atoms with Crippen molar-refractivity contribution in [2.45, 2.75) is 13.0 Å². The Morgan fingerprint density at radius 2 is 2.33 bits per heavy atom. The zero-order chi connectivity index (χ0) is 11.4. The SMILES string of the molecule is CC(C#N)NC(=O)c1ccc(I)c(Cl)c1. The van der Waals surface area contributed by atoms with Crippen LogP contribution in [0, 0.1) is 14.9 Å². The van der Waals surface area contributed by atoms with Crippen LogP contribution >= 0.6 is 34.2 Å². The first-order chi connectivity index (χ1) is 7.04. The highest BCUT2D eigenvalue weighted by molar-refractivity contribution is 14.1. The van der Waals surface area contributed by atoms with Crippen molar-refractivity contribution in [3.8, 4) is 6.07 Å². The first-order valence-corrected chi connectivity index (χ1v) is 5.66. The van der Waals surface area contributed by atoms with Crippen LogP contribution in [0.1, 0.15) is 17.3 Å². The number of hydrogen-bond acceptors (Lipinski definition) is 2. The number of nitrogens with one attached hydrogen (secondary N) is 1. The summed E-state index contributed by atoms with van der Waals surface area (Å²) in [6.45, 7) is 1.62. The Hall–Kier alpha value is -0.800. The summed E-state index contributed by atoms with van der Waals surface area (Å²) >= 11 is 7.96. The van der Waals surface area contributed by atoms with Gasteiger partial charge in [-0.25, -0.2) is 0 Å². The van der Waals surface area contributed by atoms with E-state index < -0.39 is 6.04 Å². The van der Waals surface area contributed by atoms with Crippen molar-refractivity contribution in [3.63, 3.8) is 0 Å². The largest absolute Gasteiger partial charge is 0.337 e. The number of hydrogen-bond donors (Lipinski definition) is 1. The van der Waals surface area contributed by atoms with E-state index in [1.807, 2.05) is 6.07 Å². The minimum atomic E-state index is -0.504. The van der Waals surface area contributed by atoms with Crippen LogP contribution in [0.2, 0.25) is 5.02 Å². The molecule has 0 spiro atoms. The van der Waals surface area contributed by atoms with Crippen molar-refractivity contribution in [2.24, 2.45) is 0 Å². The third kappa shape index (κ3) is 3.36. The van der Waals surface area contributed by atoms with Crippen LogP contribution in [-0.4, -0.2) is 11.9 Å². The molecule has 78 valence electrons. The molecule has 1 unspecified atom stereocenters. The predicted molar refractivity (Wildman–Crippen MR) is 66.7 cm³/mol. The van der Waals surface area contributed by atoms with Gasteiger partial charge < -0.3 is 5.32 Å². The lowest BCUT2D eigenvalue weighted by Crippen LogP contribution is -2.31. The summed E-state index contributed by atoms with van der Waals surface area (Å²) in [6, 6.07) is 6.44. The fraction of sp³-hybridized carbons (Fsp3) is 0.200. The molecule has 1 aromatic carbocycles. The Morgan fingerprint density at radius 1 is 1.67 bits per heavy atom. The highest BCUT2D eigenvalue weighted by Crippen LogP contribution is 2.19. The molecule has 0 fully saturated rings.